The zero-order chi connectivity index (χ0) is 12.3. The average Bonchev–Trinajstić information content (AvgIpc) is 2.74. The molecule has 90 valence electrons. The molecule has 0 saturated carbocycles. The molecule has 1 heterocycles. The molecule has 0 bridgehead atoms. The van der Waals surface area contributed by atoms with E-state index in [2.05, 4.69) is 15.6 Å². The molecule has 1 aromatic heterocycles. The number of nitrogen functional groups attached to an aromatic ring is 1. The van der Waals surface area contributed by atoms with Crippen LogP contribution in [0.2, 0.25) is 10.0 Å². The molecule has 0 unspecified atom stereocenters. The van der Waals surface area contributed by atoms with E-state index in [1.807, 2.05) is 0 Å². The Morgan fingerprint density at radius 1 is 1.29 bits per heavy atom. The molecule has 0 aliphatic carbocycles. The topological polar surface area (TPSA) is 68.8 Å². The van der Waals surface area contributed by atoms with E-state index in [-0.39, 0.29) is 0 Å². The number of hydrogen-bond acceptors (Lipinski definition) is 4. The van der Waals surface area contributed by atoms with Crippen LogP contribution in [0.25, 0.3) is 0 Å². The summed E-state index contributed by atoms with van der Waals surface area (Å²) >= 11 is 12.1. The zero-order valence-electron chi connectivity index (χ0n) is 8.90. The predicted octanol–water partition coefficient (Wildman–Crippen LogP) is 2.28. The Morgan fingerprint density at radius 3 is 2.59 bits per heavy atom. The Morgan fingerprint density at radius 2 is 2.00 bits per heavy atom. The van der Waals surface area contributed by atoms with Crippen molar-refractivity contribution in [3.8, 4) is 0 Å². The lowest BCUT2D eigenvalue weighted by molar-refractivity contribution is 0.609. The molecule has 1 aromatic carbocycles. The molecule has 5 nitrogen and oxygen atoms in total. The highest BCUT2D eigenvalue weighted by Crippen LogP contribution is 2.32. The van der Waals surface area contributed by atoms with Crippen LogP contribution in [-0.4, -0.2) is 21.5 Å². The zero-order valence-corrected chi connectivity index (χ0v) is 10.4. The van der Waals surface area contributed by atoms with Gasteiger partial charge in [0.1, 0.15) is 0 Å². The molecule has 17 heavy (non-hydrogen) atoms. The molecule has 0 spiro atoms. The van der Waals surface area contributed by atoms with Gasteiger partial charge in [0.05, 0.1) is 28.5 Å². The van der Waals surface area contributed by atoms with Crippen LogP contribution in [0, 0.1) is 0 Å². The highest BCUT2D eigenvalue weighted by molar-refractivity contribution is 6.39. The first kappa shape index (κ1) is 12.0. The molecule has 0 amide bonds. The quantitative estimate of drug-likeness (QED) is 0.838. The number of hydrogen-bond donors (Lipinski definition) is 2. The van der Waals surface area contributed by atoms with Gasteiger partial charge in [-0.2, -0.15) is 0 Å². The summed E-state index contributed by atoms with van der Waals surface area (Å²) in [6.45, 7) is 1.32. The minimum absolute atomic E-state index is 0.508. The third kappa shape index (κ3) is 3.01. The summed E-state index contributed by atoms with van der Waals surface area (Å²) in [5.41, 5.74) is 6.84. The van der Waals surface area contributed by atoms with E-state index >= 15 is 0 Å². The number of nitrogens with two attached hydrogens (primary N) is 1. The third-order valence-corrected chi connectivity index (χ3v) is 2.78. The van der Waals surface area contributed by atoms with Crippen molar-refractivity contribution in [2.24, 2.45) is 0 Å². The molecule has 2 rings (SSSR count). The molecule has 0 saturated heterocycles. The van der Waals surface area contributed by atoms with Gasteiger partial charge in [-0.1, -0.05) is 28.4 Å². The minimum Gasteiger partial charge on any atom is -0.399 e. The summed E-state index contributed by atoms with van der Waals surface area (Å²) < 4.78 is 1.71. The Bertz CT molecular complexity index is 474. The third-order valence-electron chi connectivity index (χ3n) is 2.18. The van der Waals surface area contributed by atoms with Crippen molar-refractivity contribution in [2.45, 2.75) is 6.54 Å². The van der Waals surface area contributed by atoms with E-state index in [1.165, 1.54) is 0 Å². The van der Waals surface area contributed by atoms with Gasteiger partial charge in [0, 0.05) is 18.4 Å². The average molecular weight is 272 g/mol. The Kier molecular flexibility index (Phi) is 3.71. The lowest BCUT2D eigenvalue weighted by Gasteiger charge is -2.11. The molecule has 0 fully saturated rings. The summed E-state index contributed by atoms with van der Waals surface area (Å²) in [5, 5.41) is 11.7. The number of benzene rings is 1. The fraction of sp³-hybridized carbons (Fsp3) is 0.200. The maximum atomic E-state index is 6.03. The van der Waals surface area contributed by atoms with Crippen molar-refractivity contribution in [3.05, 3.63) is 34.6 Å². The maximum Gasteiger partial charge on any atom is 0.0721 e. The summed E-state index contributed by atoms with van der Waals surface area (Å²) in [6.07, 6.45) is 3.41. The van der Waals surface area contributed by atoms with Crippen LogP contribution in [0.3, 0.4) is 0 Å². The van der Waals surface area contributed by atoms with E-state index in [1.54, 1.807) is 29.2 Å². The molecule has 3 N–H and O–H groups in total. The van der Waals surface area contributed by atoms with Gasteiger partial charge in [-0.3, -0.25) is 4.68 Å². The van der Waals surface area contributed by atoms with Crippen LogP contribution in [0.1, 0.15) is 0 Å². The molecule has 2 aromatic rings. The van der Waals surface area contributed by atoms with Crippen LogP contribution in [0.15, 0.2) is 24.5 Å². The van der Waals surface area contributed by atoms with Gasteiger partial charge in [0.25, 0.3) is 0 Å². The molecular weight excluding hydrogens is 261 g/mol. The van der Waals surface area contributed by atoms with Crippen molar-refractivity contribution in [3.63, 3.8) is 0 Å². The second-order valence-electron chi connectivity index (χ2n) is 3.45. The van der Waals surface area contributed by atoms with Crippen molar-refractivity contribution in [1.82, 2.24) is 15.0 Å². The monoisotopic (exact) mass is 271 g/mol. The van der Waals surface area contributed by atoms with E-state index in [4.69, 9.17) is 28.9 Å². The maximum absolute atomic E-state index is 6.03. The van der Waals surface area contributed by atoms with E-state index in [9.17, 15) is 0 Å². The summed E-state index contributed by atoms with van der Waals surface area (Å²) in [6, 6.07) is 3.32. The molecule has 0 aliphatic heterocycles. The minimum atomic E-state index is 0.508. The number of halogens is 2. The van der Waals surface area contributed by atoms with Crippen LogP contribution in [0.4, 0.5) is 11.4 Å². The number of nitrogens with one attached hydrogen (secondary N) is 1. The summed E-state index contributed by atoms with van der Waals surface area (Å²) in [4.78, 5) is 0. The van der Waals surface area contributed by atoms with Gasteiger partial charge in [-0.25, -0.2) is 0 Å². The fourth-order valence-corrected chi connectivity index (χ4v) is 2.05. The number of anilines is 2. The first-order valence-corrected chi connectivity index (χ1v) is 5.75. The van der Waals surface area contributed by atoms with Gasteiger partial charge in [0.15, 0.2) is 0 Å². The van der Waals surface area contributed by atoms with Gasteiger partial charge >= 0.3 is 0 Å². The number of nitrogens with zero attached hydrogens (tertiary/aromatic N) is 3. The normalized spacial score (nSPS) is 10.5. The molecular formula is C10H11Cl2N5. The predicted molar refractivity (Wildman–Crippen MR) is 69.4 cm³/mol. The summed E-state index contributed by atoms with van der Waals surface area (Å²) in [7, 11) is 0. The van der Waals surface area contributed by atoms with Gasteiger partial charge in [-0.05, 0) is 12.1 Å². The highest BCUT2D eigenvalue weighted by atomic mass is 35.5. The standard InChI is InChI=1S/C10H11Cl2N5/c11-8-5-7(13)6-9(12)10(8)14-1-3-17-4-2-15-16-17/h2,4-6,14H,1,3,13H2. The SMILES string of the molecule is Nc1cc(Cl)c(NCCn2ccnn2)c(Cl)c1. The van der Waals surface area contributed by atoms with Crippen molar-refractivity contribution in [2.75, 3.05) is 17.6 Å². The van der Waals surface area contributed by atoms with Crippen LogP contribution >= 0.6 is 23.2 Å². The highest BCUT2D eigenvalue weighted by Gasteiger charge is 2.06. The van der Waals surface area contributed by atoms with E-state index in [0.29, 0.717) is 34.5 Å². The molecule has 7 heteroatoms. The van der Waals surface area contributed by atoms with E-state index in [0.717, 1.165) is 0 Å². The first-order valence-electron chi connectivity index (χ1n) is 4.99. The van der Waals surface area contributed by atoms with Crippen molar-refractivity contribution < 1.29 is 0 Å². The Labute approximate surface area is 109 Å². The molecule has 0 aliphatic rings. The van der Waals surface area contributed by atoms with Crippen LogP contribution < -0.4 is 11.1 Å². The second-order valence-corrected chi connectivity index (χ2v) is 4.27. The lowest BCUT2D eigenvalue weighted by atomic mass is 10.3. The van der Waals surface area contributed by atoms with E-state index < -0.39 is 0 Å². The number of rotatable bonds is 4. The van der Waals surface area contributed by atoms with Crippen LogP contribution in [-0.2, 0) is 6.54 Å². The fourth-order valence-electron chi connectivity index (χ4n) is 1.41. The van der Waals surface area contributed by atoms with Crippen LogP contribution in [0.5, 0.6) is 0 Å². The van der Waals surface area contributed by atoms with Gasteiger partial charge in [0.2, 0.25) is 0 Å². The molecule has 0 atom stereocenters. The first-order chi connectivity index (χ1) is 8.16. The second kappa shape index (κ2) is 5.25. The van der Waals surface area contributed by atoms with Crippen molar-refractivity contribution >= 4 is 34.6 Å². The molecule has 0 radical (unpaired) electrons. The largest absolute Gasteiger partial charge is 0.399 e. The van der Waals surface area contributed by atoms with Gasteiger partial charge < -0.3 is 11.1 Å². The lowest BCUT2D eigenvalue weighted by Crippen LogP contribution is -2.11. The summed E-state index contributed by atoms with van der Waals surface area (Å²) in [5.74, 6) is 0. The Hall–Kier alpha value is -1.46. The van der Waals surface area contributed by atoms with Crippen molar-refractivity contribution in [1.29, 1.82) is 0 Å². The smallest absolute Gasteiger partial charge is 0.0721 e. The number of aromatic nitrogens is 3. The Balaban J connectivity index is 1.99. The van der Waals surface area contributed by atoms with Gasteiger partial charge in [-0.15, -0.1) is 5.10 Å².